The Kier molecular flexibility index (Phi) is 10.2. The number of hydrogen-bond donors (Lipinski definition) is 5. The number of ether oxygens (including phenoxy) is 2. The summed E-state index contributed by atoms with van der Waals surface area (Å²) in [6.07, 6.45) is -1.34. The van der Waals surface area contributed by atoms with Gasteiger partial charge in [0.25, 0.3) is 5.56 Å². The lowest BCUT2D eigenvalue weighted by atomic mass is 9.90. The number of esters is 1. The molecular weight excluding hydrogens is 753 g/mol. The molecule has 14 heteroatoms. The molecule has 3 aliphatic heterocycles. The lowest BCUT2D eigenvalue weighted by molar-refractivity contribution is -0.157. The molecule has 1 unspecified atom stereocenters. The molecule has 5 heterocycles. The van der Waals surface area contributed by atoms with E-state index in [9.17, 15) is 29.7 Å². The maximum Gasteiger partial charge on any atom is 0.415 e. The molecule has 1 atom stereocenters. The summed E-state index contributed by atoms with van der Waals surface area (Å²) in [7, 11) is 0. The lowest BCUT2D eigenvalue weighted by Crippen LogP contribution is -2.49. The molecule has 1 fully saturated rings. The Morgan fingerprint density at radius 3 is 2.41 bits per heavy atom. The van der Waals surface area contributed by atoms with Crippen LogP contribution in [0, 0.1) is 5.41 Å². The van der Waals surface area contributed by atoms with Gasteiger partial charge in [0.15, 0.2) is 6.10 Å². The second kappa shape index (κ2) is 15.3. The van der Waals surface area contributed by atoms with Crippen molar-refractivity contribution in [2.24, 2.45) is 5.73 Å². The van der Waals surface area contributed by atoms with Crippen LogP contribution in [0.3, 0.4) is 0 Å². The Morgan fingerprint density at radius 2 is 1.73 bits per heavy atom. The van der Waals surface area contributed by atoms with E-state index in [0.717, 1.165) is 27.6 Å². The Bertz CT molecular complexity index is 2650. The number of aromatic hydroxyl groups is 2. The van der Waals surface area contributed by atoms with E-state index in [1.54, 1.807) is 40.7 Å². The minimum atomic E-state index is -1.53. The molecule has 0 bridgehead atoms. The predicted molar refractivity (Wildman–Crippen MR) is 221 cm³/mol. The van der Waals surface area contributed by atoms with Crippen molar-refractivity contribution in [3.63, 3.8) is 0 Å². The number of aryl methyl sites for hydroxylation is 1. The van der Waals surface area contributed by atoms with E-state index in [0.29, 0.717) is 84.2 Å². The summed E-state index contributed by atoms with van der Waals surface area (Å²) in [5.41, 5.74) is 13.9. The summed E-state index contributed by atoms with van der Waals surface area (Å²) in [6, 6.07) is 17.7. The van der Waals surface area contributed by atoms with Crippen molar-refractivity contribution in [2.45, 2.75) is 65.8 Å². The highest BCUT2D eigenvalue weighted by Gasteiger charge is 2.35. The van der Waals surface area contributed by atoms with Gasteiger partial charge in [0, 0.05) is 72.1 Å². The van der Waals surface area contributed by atoms with Crippen LogP contribution in [0.5, 0.6) is 17.2 Å². The Hall–Kier alpha value is -6.51. The molecule has 0 spiro atoms. The highest BCUT2D eigenvalue weighted by molar-refractivity contribution is 6.31. The summed E-state index contributed by atoms with van der Waals surface area (Å²) >= 11 is 0. The Morgan fingerprint density at radius 1 is 1.00 bits per heavy atom. The van der Waals surface area contributed by atoms with Crippen LogP contribution < -0.4 is 16.0 Å². The number of piperazine rings is 1. The maximum atomic E-state index is 13.5. The fraction of sp³-hybridized carbons (Fsp3) is 0.311. The zero-order valence-electron chi connectivity index (χ0n) is 33.3. The summed E-state index contributed by atoms with van der Waals surface area (Å²) in [5.74, 6) is -0.611. The number of nitrogens with zero attached hydrogens (tertiary/aromatic N) is 4. The standard InChI is InChI=1S/C45H46N6O8/c1-5-28-30-16-27(10-11-35(30)48-41-33(28)21-51-36(41)18-31-34(43(51)55)22-58-44(56)42(31)54)59-45(57)50-14-12-49(13-15-50)20-25-6-8-26(9-7-25)39(24(4)46)40(47)32-17-29(23(2)3)37(52)19-38(32)53/h6-11,16-19,23,42,47,52-54H,5,12-15,20-22,46H2,1-4H3/b39-24-,47-40?. The first-order chi connectivity index (χ1) is 28.2. The molecule has 0 saturated carbocycles. The number of rotatable bonds is 8. The van der Waals surface area contributed by atoms with Crippen LogP contribution in [0.4, 0.5) is 4.79 Å². The van der Waals surface area contributed by atoms with Gasteiger partial charge >= 0.3 is 12.1 Å². The number of pyridine rings is 2. The first-order valence-electron chi connectivity index (χ1n) is 19.7. The Balaban J connectivity index is 0.917. The van der Waals surface area contributed by atoms with Gasteiger partial charge < -0.3 is 40.0 Å². The highest BCUT2D eigenvalue weighted by atomic mass is 16.6. The number of fused-ring (bicyclic) bond motifs is 5. The van der Waals surface area contributed by atoms with Gasteiger partial charge in [0.2, 0.25) is 0 Å². The van der Waals surface area contributed by atoms with E-state index in [2.05, 4.69) is 4.90 Å². The fourth-order valence-electron chi connectivity index (χ4n) is 8.40. The molecular formula is C45H46N6O8. The molecule has 2 aromatic heterocycles. The van der Waals surface area contributed by atoms with Crippen molar-refractivity contribution in [3.8, 4) is 28.6 Å². The van der Waals surface area contributed by atoms with E-state index >= 15 is 0 Å². The van der Waals surface area contributed by atoms with Crippen LogP contribution in [0.1, 0.15) is 84.2 Å². The molecule has 6 N–H and O–H groups in total. The number of nitrogens with two attached hydrogens (primary N) is 1. The first kappa shape index (κ1) is 39.3. The summed E-state index contributed by atoms with van der Waals surface area (Å²) in [6.45, 7) is 10.6. The van der Waals surface area contributed by atoms with Crippen molar-refractivity contribution in [1.82, 2.24) is 19.4 Å². The zero-order chi connectivity index (χ0) is 41.9. The van der Waals surface area contributed by atoms with Crippen molar-refractivity contribution in [2.75, 3.05) is 26.2 Å². The average molecular weight is 799 g/mol. The number of phenolic OH excluding ortho intramolecular Hbond substituents is 2. The molecule has 8 rings (SSSR count). The van der Waals surface area contributed by atoms with Gasteiger partial charge in [-0.15, -0.1) is 0 Å². The van der Waals surface area contributed by atoms with Gasteiger partial charge in [-0.3, -0.25) is 15.1 Å². The maximum absolute atomic E-state index is 13.5. The summed E-state index contributed by atoms with van der Waals surface area (Å²) < 4.78 is 12.5. The van der Waals surface area contributed by atoms with Crippen LogP contribution >= 0.6 is 0 Å². The number of hydrogen-bond acceptors (Lipinski definition) is 12. The molecule has 0 radical (unpaired) electrons. The molecule has 3 aliphatic rings. The van der Waals surface area contributed by atoms with Gasteiger partial charge in [0.05, 0.1) is 34.7 Å². The molecule has 3 aromatic carbocycles. The number of aliphatic hydroxyl groups excluding tert-OH is 1. The number of nitrogens with one attached hydrogen (secondary N) is 1. The fourth-order valence-corrected chi connectivity index (χ4v) is 8.40. The quantitative estimate of drug-likeness (QED) is 0.0935. The van der Waals surface area contributed by atoms with Gasteiger partial charge in [-0.05, 0) is 71.8 Å². The Labute approximate surface area is 340 Å². The number of allylic oxidation sites excluding steroid dienone is 2. The van der Waals surface area contributed by atoms with Crippen LogP contribution in [0.15, 0.2) is 71.2 Å². The van der Waals surface area contributed by atoms with E-state index < -0.39 is 18.2 Å². The third kappa shape index (κ3) is 7.08. The third-order valence-corrected chi connectivity index (χ3v) is 11.6. The number of cyclic esters (lactones) is 1. The number of carbonyl (C=O) groups is 2. The first-order valence-corrected chi connectivity index (χ1v) is 19.7. The number of benzene rings is 3. The summed E-state index contributed by atoms with van der Waals surface area (Å²) in [5, 5.41) is 41.2. The summed E-state index contributed by atoms with van der Waals surface area (Å²) in [4.78, 5) is 47.7. The molecule has 1 saturated heterocycles. The smallest absolute Gasteiger partial charge is 0.415 e. The normalized spacial score (nSPS) is 16.7. The van der Waals surface area contributed by atoms with Crippen molar-refractivity contribution >= 4 is 34.3 Å². The average Bonchev–Trinajstić information content (AvgIpc) is 3.57. The van der Waals surface area contributed by atoms with Gasteiger partial charge in [-0.2, -0.15) is 0 Å². The van der Waals surface area contributed by atoms with Gasteiger partial charge in [-0.1, -0.05) is 45.0 Å². The molecule has 0 aliphatic carbocycles. The number of phenols is 2. The van der Waals surface area contributed by atoms with Crippen LogP contribution in [0.2, 0.25) is 0 Å². The van der Waals surface area contributed by atoms with Crippen LogP contribution in [-0.2, 0) is 35.6 Å². The van der Waals surface area contributed by atoms with E-state index in [1.807, 2.05) is 51.1 Å². The van der Waals surface area contributed by atoms with Crippen molar-refractivity contribution < 1.29 is 34.4 Å². The highest BCUT2D eigenvalue weighted by Crippen LogP contribution is 2.39. The van der Waals surface area contributed by atoms with E-state index in [1.165, 1.54) is 6.07 Å². The molecule has 5 aromatic rings. The largest absolute Gasteiger partial charge is 0.508 e. The number of carbonyl (C=O) groups excluding carboxylic acids is 2. The number of amides is 1. The van der Waals surface area contributed by atoms with E-state index in [-0.39, 0.29) is 53.0 Å². The van der Waals surface area contributed by atoms with Crippen molar-refractivity contribution in [3.05, 3.63) is 121 Å². The second-order valence-electron chi connectivity index (χ2n) is 15.7. The molecule has 304 valence electrons. The number of aliphatic hydroxyl groups is 1. The monoisotopic (exact) mass is 798 g/mol. The zero-order valence-corrected chi connectivity index (χ0v) is 33.3. The van der Waals surface area contributed by atoms with Gasteiger partial charge in [-0.25, -0.2) is 14.6 Å². The SMILES string of the molecule is CCc1c2c(nc3ccc(OC(=O)N4CCN(Cc5ccc(/C(C(=N)c6cc(C(C)C)c(O)cc6O)=C(\C)N)cc5)CC4)cc13)-c1cc3c(c(=O)n1C2)COC(=O)C3O. The lowest BCUT2D eigenvalue weighted by Gasteiger charge is -2.34. The number of aromatic nitrogens is 2. The predicted octanol–water partition coefficient (Wildman–Crippen LogP) is 5.69. The minimum Gasteiger partial charge on any atom is -0.508 e. The van der Waals surface area contributed by atoms with Crippen molar-refractivity contribution in [1.29, 1.82) is 5.41 Å². The molecule has 14 nitrogen and oxygen atoms in total. The molecule has 1 amide bonds. The van der Waals surface area contributed by atoms with Gasteiger partial charge in [0.1, 0.15) is 23.9 Å². The third-order valence-electron chi connectivity index (χ3n) is 11.6. The van der Waals surface area contributed by atoms with Crippen LogP contribution in [0.25, 0.3) is 27.9 Å². The van der Waals surface area contributed by atoms with E-state index in [4.69, 9.17) is 25.6 Å². The van der Waals surface area contributed by atoms with Crippen LogP contribution in [-0.4, -0.2) is 78.6 Å². The minimum absolute atomic E-state index is 0.00761. The second-order valence-corrected chi connectivity index (χ2v) is 15.7. The molecule has 59 heavy (non-hydrogen) atoms. The topological polar surface area (TPSA) is 205 Å².